The smallest absolute Gasteiger partial charge is 0.300 e. The molecule has 0 bridgehead atoms. The van der Waals surface area contributed by atoms with Crippen LogP contribution in [0.4, 0.5) is 11.4 Å². The number of ether oxygens (including phenoxy) is 1. The first-order valence-corrected chi connectivity index (χ1v) is 12.6. The highest BCUT2D eigenvalue weighted by molar-refractivity contribution is 6.51. The molecule has 37 heavy (non-hydrogen) atoms. The molecular formula is C31H34N2O4. The van der Waals surface area contributed by atoms with Crippen LogP contribution in [0.2, 0.25) is 0 Å². The molecule has 0 saturated carbocycles. The maximum absolute atomic E-state index is 13.5. The van der Waals surface area contributed by atoms with Crippen molar-refractivity contribution in [2.24, 2.45) is 0 Å². The Morgan fingerprint density at radius 1 is 1.03 bits per heavy atom. The first-order chi connectivity index (χ1) is 17.6. The topological polar surface area (TPSA) is 70.1 Å². The van der Waals surface area contributed by atoms with Gasteiger partial charge >= 0.3 is 0 Å². The standard InChI is InChI=1S/C31H34N2O4/c1-7-37-26-16-11-22(18-25(26)19(2)3)29(34)27-28(21-10-8-9-20(4)17-21)33(31(36)30(27)35)24-14-12-23(13-15-24)32(5)6/h8-19,28,34H,7H2,1-6H3/b29-27-. The summed E-state index contributed by atoms with van der Waals surface area (Å²) >= 11 is 0. The van der Waals surface area contributed by atoms with Crippen molar-refractivity contribution in [2.75, 3.05) is 30.5 Å². The molecule has 0 radical (unpaired) electrons. The normalized spacial score (nSPS) is 16.9. The number of rotatable bonds is 7. The van der Waals surface area contributed by atoms with E-state index in [1.165, 1.54) is 4.90 Å². The molecule has 1 heterocycles. The molecule has 1 amide bonds. The molecule has 6 nitrogen and oxygen atoms in total. The monoisotopic (exact) mass is 498 g/mol. The molecule has 3 aromatic rings. The minimum Gasteiger partial charge on any atom is -0.507 e. The Bertz CT molecular complexity index is 1360. The Balaban J connectivity index is 1.91. The maximum atomic E-state index is 13.5. The fourth-order valence-electron chi connectivity index (χ4n) is 4.76. The maximum Gasteiger partial charge on any atom is 0.300 e. The van der Waals surface area contributed by atoms with Crippen LogP contribution < -0.4 is 14.5 Å². The zero-order valence-corrected chi connectivity index (χ0v) is 22.3. The minimum absolute atomic E-state index is 0.0751. The van der Waals surface area contributed by atoms with Crippen LogP contribution in [0.5, 0.6) is 5.75 Å². The third-order valence-corrected chi connectivity index (χ3v) is 6.65. The van der Waals surface area contributed by atoms with Gasteiger partial charge in [0.25, 0.3) is 11.7 Å². The van der Waals surface area contributed by atoms with Gasteiger partial charge in [-0.2, -0.15) is 0 Å². The highest BCUT2D eigenvalue weighted by atomic mass is 16.5. The molecule has 4 rings (SSSR count). The number of anilines is 2. The molecule has 3 aromatic carbocycles. The van der Waals surface area contributed by atoms with Gasteiger partial charge < -0.3 is 14.7 Å². The zero-order valence-electron chi connectivity index (χ0n) is 22.3. The van der Waals surface area contributed by atoms with Crippen LogP contribution in [0.25, 0.3) is 5.76 Å². The number of aryl methyl sites for hydroxylation is 1. The van der Waals surface area contributed by atoms with Crippen LogP contribution in [-0.4, -0.2) is 37.5 Å². The van der Waals surface area contributed by atoms with Crippen LogP contribution in [0.1, 0.15) is 55.0 Å². The Morgan fingerprint density at radius 2 is 1.73 bits per heavy atom. The number of benzene rings is 3. The Kier molecular flexibility index (Phi) is 7.39. The highest BCUT2D eigenvalue weighted by Crippen LogP contribution is 2.43. The predicted octanol–water partition coefficient (Wildman–Crippen LogP) is 6.21. The van der Waals surface area contributed by atoms with E-state index in [9.17, 15) is 14.7 Å². The van der Waals surface area contributed by atoms with E-state index in [2.05, 4.69) is 0 Å². The number of nitrogens with zero attached hydrogens (tertiary/aromatic N) is 2. The number of ketones is 1. The number of hydrogen-bond donors (Lipinski definition) is 1. The van der Waals surface area contributed by atoms with E-state index in [1.54, 1.807) is 6.07 Å². The van der Waals surface area contributed by atoms with E-state index in [4.69, 9.17) is 4.74 Å². The second kappa shape index (κ2) is 10.5. The summed E-state index contributed by atoms with van der Waals surface area (Å²) in [5, 5.41) is 11.6. The largest absolute Gasteiger partial charge is 0.507 e. The Labute approximate surface area is 218 Å². The van der Waals surface area contributed by atoms with Gasteiger partial charge in [-0.1, -0.05) is 43.7 Å². The second-order valence-corrected chi connectivity index (χ2v) is 9.83. The summed E-state index contributed by atoms with van der Waals surface area (Å²) in [6, 6.07) is 19.8. The third kappa shape index (κ3) is 4.96. The van der Waals surface area contributed by atoms with Crippen LogP contribution in [-0.2, 0) is 9.59 Å². The van der Waals surface area contributed by atoms with Gasteiger partial charge in [-0.3, -0.25) is 14.5 Å². The second-order valence-electron chi connectivity index (χ2n) is 9.83. The molecule has 1 atom stereocenters. The van der Waals surface area contributed by atoms with E-state index in [1.807, 2.05) is 107 Å². The first kappa shape index (κ1) is 26.0. The third-order valence-electron chi connectivity index (χ3n) is 6.65. The summed E-state index contributed by atoms with van der Waals surface area (Å²) in [6.07, 6.45) is 0. The van der Waals surface area contributed by atoms with Gasteiger partial charge in [-0.15, -0.1) is 0 Å². The van der Waals surface area contributed by atoms with Crippen molar-refractivity contribution in [1.82, 2.24) is 0 Å². The summed E-state index contributed by atoms with van der Waals surface area (Å²) in [5.41, 5.74) is 4.79. The number of Topliss-reactive ketones (excluding diaryl/α,β-unsaturated/α-hetero) is 1. The number of amides is 1. The summed E-state index contributed by atoms with van der Waals surface area (Å²) in [7, 11) is 3.88. The number of aliphatic hydroxyl groups is 1. The minimum atomic E-state index is -0.765. The summed E-state index contributed by atoms with van der Waals surface area (Å²) < 4.78 is 5.77. The van der Waals surface area contributed by atoms with Gasteiger partial charge in [-0.05, 0) is 73.4 Å². The zero-order chi connectivity index (χ0) is 26.9. The average molecular weight is 499 g/mol. The van der Waals surface area contributed by atoms with Crippen LogP contribution >= 0.6 is 0 Å². The summed E-state index contributed by atoms with van der Waals surface area (Å²) in [4.78, 5) is 30.4. The molecule has 0 aromatic heterocycles. The molecule has 0 aliphatic carbocycles. The van der Waals surface area contributed by atoms with Crippen molar-refractivity contribution < 1.29 is 19.4 Å². The summed E-state index contributed by atoms with van der Waals surface area (Å²) in [6.45, 7) is 8.50. The SMILES string of the molecule is CCOc1ccc(/C(O)=C2/C(=O)C(=O)N(c3ccc(N(C)C)cc3)C2c2cccc(C)c2)cc1C(C)C. The van der Waals surface area contributed by atoms with E-state index >= 15 is 0 Å². The molecule has 1 unspecified atom stereocenters. The van der Waals surface area contributed by atoms with Crippen molar-refractivity contribution in [3.8, 4) is 5.75 Å². The first-order valence-electron chi connectivity index (χ1n) is 12.6. The van der Waals surface area contributed by atoms with Gasteiger partial charge in [0.05, 0.1) is 18.2 Å². The lowest BCUT2D eigenvalue weighted by Gasteiger charge is -2.26. The number of carbonyl (C=O) groups is 2. The quantitative estimate of drug-likeness (QED) is 0.238. The molecule has 192 valence electrons. The summed E-state index contributed by atoms with van der Waals surface area (Å²) in [5.74, 6) is -0.686. The van der Waals surface area contributed by atoms with Gasteiger partial charge in [0, 0.05) is 31.0 Å². The van der Waals surface area contributed by atoms with E-state index in [0.29, 0.717) is 17.9 Å². The van der Waals surface area contributed by atoms with Gasteiger partial charge in [0.1, 0.15) is 11.5 Å². The molecule has 0 spiro atoms. The van der Waals surface area contributed by atoms with Crippen LogP contribution in [0.15, 0.2) is 72.3 Å². The van der Waals surface area contributed by atoms with E-state index < -0.39 is 17.7 Å². The van der Waals surface area contributed by atoms with Crippen molar-refractivity contribution in [2.45, 2.75) is 39.7 Å². The number of carbonyl (C=O) groups excluding carboxylic acids is 2. The highest BCUT2D eigenvalue weighted by Gasteiger charge is 2.47. The van der Waals surface area contributed by atoms with Gasteiger partial charge in [0.15, 0.2) is 0 Å². The predicted molar refractivity (Wildman–Crippen MR) is 148 cm³/mol. The van der Waals surface area contributed by atoms with Crippen molar-refractivity contribution >= 4 is 28.8 Å². The number of aliphatic hydroxyl groups excluding tert-OH is 1. The van der Waals surface area contributed by atoms with Crippen molar-refractivity contribution in [1.29, 1.82) is 0 Å². The lowest BCUT2D eigenvalue weighted by atomic mass is 9.92. The lowest BCUT2D eigenvalue weighted by Crippen LogP contribution is -2.29. The molecule has 1 aliphatic heterocycles. The molecule has 1 N–H and O–H groups in total. The Morgan fingerprint density at radius 3 is 2.32 bits per heavy atom. The fourth-order valence-corrected chi connectivity index (χ4v) is 4.76. The fraction of sp³-hybridized carbons (Fsp3) is 0.290. The van der Waals surface area contributed by atoms with E-state index in [0.717, 1.165) is 28.1 Å². The molecule has 1 fully saturated rings. The lowest BCUT2D eigenvalue weighted by molar-refractivity contribution is -0.132. The Hall–Kier alpha value is -4.06. The average Bonchev–Trinajstić information content (AvgIpc) is 3.14. The van der Waals surface area contributed by atoms with Crippen molar-refractivity contribution in [3.63, 3.8) is 0 Å². The van der Waals surface area contributed by atoms with Crippen LogP contribution in [0.3, 0.4) is 0 Å². The molecule has 1 saturated heterocycles. The van der Waals surface area contributed by atoms with Crippen molar-refractivity contribution in [3.05, 3.63) is 94.6 Å². The number of hydrogen-bond acceptors (Lipinski definition) is 5. The van der Waals surface area contributed by atoms with Crippen LogP contribution in [0, 0.1) is 6.92 Å². The van der Waals surface area contributed by atoms with Gasteiger partial charge in [-0.25, -0.2) is 0 Å². The van der Waals surface area contributed by atoms with E-state index in [-0.39, 0.29) is 17.3 Å². The molecule has 1 aliphatic rings. The molecule has 6 heteroatoms. The molecular weight excluding hydrogens is 464 g/mol. The van der Waals surface area contributed by atoms with Gasteiger partial charge in [0.2, 0.25) is 0 Å².